The van der Waals surface area contributed by atoms with E-state index in [1.165, 1.54) is 11.3 Å². The van der Waals surface area contributed by atoms with E-state index >= 15 is 0 Å². The van der Waals surface area contributed by atoms with Crippen molar-refractivity contribution < 1.29 is 9.90 Å². The van der Waals surface area contributed by atoms with Crippen LogP contribution in [0.1, 0.15) is 42.3 Å². The number of carbonyl (C=O) groups is 1. The minimum absolute atomic E-state index is 0.0807. The molecule has 106 valence electrons. The van der Waals surface area contributed by atoms with Crippen molar-refractivity contribution >= 4 is 28.7 Å². The van der Waals surface area contributed by atoms with E-state index in [0.29, 0.717) is 9.21 Å². The first-order chi connectivity index (χ1) is 9.00. The van der Waals surface area contributed by atoms with Gasteiger partial charge in [0.15, 0.2) is 5.78 Å². The lowest BCUT2D eigenvalue weighted by Crippen LogP contribution is -2.49. The monoisotopic (exact) mass is 301 g/mol. The highest BCUT2D eigenvalue weighted by atomic mass is 35.5. The fourth-order valence-electron chi connectivity index (χ4n) is 2.69. The van der Waals surface area contributed by atoms with Crippen molar-refractivity contribution in [1.29, 1.82) is 0 Å². The predicted octanol–water partition coefficient (Wildman–Crippen LogP) is 3.21. The maximum absolute atomic E-state index is 12.4. The third-order valence-electron chi connectivity index (χ3n) is 4.02. The van der Waals surface area contributed by atoms with Crippen LogP contribution in [0, 0.1) is 0 Å². The van der Waals surface area contributed by atoms with Gasteiger partial charge in [0.05, 0.1) is 21.4 Å². The Morgan fingerprint density at radius 3 is 2.74 bits per heavy atom. The van der Waals surface area contributed by atoms with Gasteiger partial charge in [0.2, 0.25) is 0 Å². The molecular formula is C14H20ClNO2S. The van der Waals surface area contributed by atoms with Gasteiger partial charge in [0, 0.05) is 6.04 Å². The summed E-state index contributed by atoms with van der Waals surface area (Å²) in [6.45, 7) is 1.90. The summed E-state index contributed by atoms with van der Waals surface area (Å²) in [5, 5.41) is 10.1. The smallest absolute Gasteiger partial charge is 0.189 e. The number of carbonyl (C=O) groups excluding carboxylic acids is 1. The van der Waals surface area contributed by atoms with Gasteiger partial charge in [-0.05, 0) is 38.9 Å². The molecule has 1 aliphatic rings. The molecule has 3 unspecified atom stereocenters. The number of likely N-dealkylation sites (N-methyl/N-ethyl adjacent to an activating group) is 1. The minimum Gasteiger partial charge on any atom is -0.391 e. The molecule has 3 atom stereocenters. The Morgan fingerprint density at radius 2 is 2.16 bits per heavy atom. The van der Waals surface area contributed by atoms with E-state index in [1.54, 1.807) is 12.1 Å². The summed E-state index contributed by atoms with van der Waals surface area (Å²) >= 11 is 7.19. The van der Waals surface area contributed by atoms with Gasteiger partial charge in [-0.1, -0.05) is 24.4 Å². The normalized spacial score (nSPS) is 25.5. The average molecular weight is 302 g/mol. The van der Waals surface area contributed by atoms with Gasteiger partial charge in [-0.3, -0.25) is 9.69 Å². The van der Waals surface area contributed by atoms with E-state index in [9.17, 15) is 9.90 Å². The predicted molar refractivity (Wildman–Crippen MR) is 79.1 cm³/mol. The van der Waals surface area contributed by atoms with E-state index in [1.807, 2.05) is 18.9 Å². The third-order valence-corrected chi connectivity index (χ3v) is 5.27. The SMILES string of the molecule is CC(C(=O)c1ccc(Cl)s1)N(C)C1CCCCC1O. The van der Waals surface area contributed by atoms with Crippen LogP contribution in [0.25, 0.3) is 0 Å². The maximum atomic E-state index is 12.4. The molecule has 0 spiro atoms. The summed E-state index contributed by atoms with van der Waals surface area (Å²) in [5.41, 5.74) is 0. The second kappa shape index (κ2) is 6.35. The highest BCUT2D eigenvalue weighted by molar-refractivity contribution is 7.18. The van der Waals surface area contributed by atoms with Crippen molar-refractivity contribution in [3.63, 3.8) is 0 Å². The fourth-order valence-corrected chi connectivity index (χ4v) is 3.76. The highest BCUT2D eigenvalue weighted by Gasteiger charge is 2.32. The Labute approximate surface area is 123 Å². The van der Waals surface area contributed by atoms with Crippen molar-refractivity contribution in [2.24, 2.45) is 0 Å². The summed E-state index contributed by atoms with van der Waals surface area (Å²) < 4.78 is 0.635. The summed E-state index contributed by atoms with van der Waals surface area (Å²) in [7, 11) is 1.93. The molecule has 1 saturated carbocycles. The molecule has 1 heterocycles. The molecule has 1 aromatic rings. The molecule has 1 N–H and O–H groups in total. The van der Waals surface area contributed by atoms with Gasteiger partial charge in [0.1, 0.15) is 0 Å². The molecule has 1 aromatic heterocycles. The zero-order valence-corrected chi connectivity index (χ0v) is 12.9. The first-order valence-corrected chi connectivity index (χ1v) is 7.89. The Bertz CT molecular complexity index is 448. The van der Waals surface area contributed by atoms with Gasteiger partial charge in [-0.15, -0.1) is 11.3 Å². The molecule has 0 aliphatic heterocycles. The Morgan fingerprint density at radius 1 is 1.47 bits per heavy atom. The van der Waals surface area contributed by atoms with E-state index in [0.717, 1.165) is 25.7 Å². The van der Waals surface area contributed by atoms with Gasteiger partial charge in [0.25, 0.3) is 0 Å². The van der Waals surface area contributed by atoms with E-state index in [-0.39, 0.29) is 24.0 Å². The number of thiophene rings is 1. The zero-order chi connectivity index (χ0) is 14.0. The van der Waals surface area contributed by atoms with Crippen molar-refractivity contribution in [2.75, 3.05) is 7.05 Å². The van der Waals surface area contributed by atoms with E-state index < -0.39 is 0 Å². The van der Waals surface area contributed by atoms with Crippen LogP contribution in [0.15, 0.2) is 12.1 Å². The first kappa shape index (κ1) is 15.0. The van der Waals surface area contributed by atoms with E-state index in [2.05, 4.69) is 0 Å². The van der Waals surface area contributed by atoms with Crippen LogP contribution in [-0.4, -0.2) is 41.0 Å². The van der Waals surface area contributed by atoms with Crippen LogP contribution < -0.4 is 0 Å². The molecular weight excluding hydrogens is 282 g/mol. The van der Waals surface area contributed by atoms with E-state index in [4.69, 9.17) is 11.6 Å². The second-order valence-corrected chi connectivity index (χ2v) is 6.94. The summed E-state index contributed by atoms with van der Waals surface area (Å²) in [4.78, 5) is 15.1. The topological polar surface area (TPSA) is 40.5 Å². The Balaban J connectivity index is 2.05. The molecule has 0 aromatic carbocycles. The van der Waals surface area contributed by atoms with Crippen LogP contribution in [0.3, 0.4) is 0 Å². The number of hydrogen-bond acceptors (Lipinski definition) is 4. The van der Waals surface area contributed by atoms with Crippen LogP contribution in [0.2, 0.25) is 4.34 Å². The quantitative estimate of drug-likeness (QED) is 0.868. The number of hydrogen-bond donors (Lipinski definition) is 1. The molecule has 1 fully saturated rings. The van der Waals surface area contributed by atoms with Crippen LogP contribution in [0.4, 0.5) is 0 Å². The molecule has 0 amide bonds. The van der Waals surface area contributed by atoms with Crippen LogP contribution >= 0.6 is 22.9 Å². The molecule has 2 rings (SSSR count). The number of aliphatic hydroxyl groups excluding tert-OH is 1. The number of ketones is 1. The minimum atomic E-state index is -0.319. The lowest BCUT2D eigenvalue weighted by atomic mass is 9.90. The summed E-state index contributed by atoms with van der Waals surface area (Å²) in [6.07, 6.45) is 3.67. The molecule has 1 aliphatic carbocycles. The first-order valence-electron chi connectivity index (χ1n) is 6.70. The number of nitrogens with zero attached hydrogens (tertiary/aromatic N) is 1. The molecule has 3 nitrogen and oxygen atoms in total. The van der Waals surface area contributed by atoms with Gasteiger partial charge in [-0.2, -0.15) is 0 Å². The Hall–Kier alpha value is -0.420. The van der Waals surface area contributed by atoms with Gasteiger partial charge < -0.3 is 5.11 Å². The van der Waals surface area contributed by atoms with Crippen molar-refractivity contribution in [2.45, 2.75) is 50.8 Å². The Kier molecular flexibility index (Phi) is 5.01. The number of rotatable bonds is 4. The van der Waals surface area contributed by atoms with Crippen molar-refractivity contribution in [1.82, 2.24) is 4.90 Å². The number of halogens is 1. The van der Waals surface area contributed by atoms with Crippen LogP contribution in [0.5, 0.6) is 0 Å². The lowest BCUT2D eigenvalue weighted by Gasteiger charge is -2.37. The van der Waals surface area contributed by atoms with Crippen molar-refractivity contribution in [3.05, 3.63) is 21.3 Å². The molecule has 0 radical (unpaired) electrons. The number of Topliss-reactive ketones (excluding diaryl/α,β-unsaturated/α-hetero) is 1. The third kappa shape index (κ3) is 3.37. The molecule has 19 heavy (non-hydrogen) atoms. The van der Waals surface area contributed by atoms with Gasteiger partial charge >= 0.3 is 0 Å². The fraction of sp³-hybridized carbons (Fsp3) is 0.643. The molecule has 5 heteroatoms. The highest BCUT2D eigenvalue weighted by Crippen LogP contribution is 2.27. The summed E-state index contributed by atoms with van der Waals surface area (Å²) in [6, 6.07) is 3.38. The second-order valence-electron chi connectivity index (χ2n) is 5.23. The molecule has 0 saturated heterocycles. The molecule has 0 bridgehead atoms. The standard InChI is InChI=1S/C14H20ClNO2S/c1-9(14(18)12-7-8-13(15)19-12)16(2)10-5-3-4-6-11(10)17/h7-11,17H,3-6H2,1-2H3. The average Bonchev–Trinajstić information content (AvgIpc) is 2.83. The zero-order valence-electron chi connectivity index (χ0n) is 11.3. The summed E-state index contributed by atoms with van der Waals surface area (Å²) in [5.74, 6) is 0.0807. The van der Waals surface area contributed by atoms with Crippen molar-refractivity contribution in [3.8, 4) is 0 Å². The largest absolute Gasteiger partial charge is 0.391 e. The van der Waals surface area contributed by atoms with Crippen LogP contribution in [-0.2, 0) is 0 Å². The number of aliphatic hydroxyl groups is 1. The maximum Gasteiger partial charge on any atom is 0.189 e. The lowest BCUT2D eigenvalue weighted by molar-refractivity contribution is 0.0172. The van der Waals surface area contributed by atoms with Gasteiger partial charge in [-0.25, -0.2) is 0 Å².